The van der Waals surface area contributed by atoms with Gasteiger partial charge in [-0.3, -0.25) is 0 Å². The fourth-order valence-corrected chi connectivity index (χ4v) is 3.16. The summed E-state index contributed by atoms with van der Waals surface area (Å²) in [5.41, 5.74) is 2.15. The molecule has 1 heterocycles. The van der Waals surface area contributed by atoms with Gasteiger partial charge in [0.2, 0.25) is 0 Å². The summed E-state index contributed by atoms with van der Waals surface area (Å²) < 4.78 is 10.8. The Morgan fingerprint density at radius 1 is 1.22 bits per heavy atom. The van der Waals surface area contributed by atoms with Gasteiger partial charge in [0.05, 0.1) is 17.3 Å². The van der Waals surface area contributed by atoms with E-state index in [1.54, 1.807) is 43.3 Å². The molecule has 0 bridgehead atoms. The van der Waals surface area contributed by atoms with Crippen LogP contribution in [0.4, 0.5) is 0 Å². The normalized spacial score (nSPS) is 11.4. The van der Waals surface area contributed by atoms with Gasteiger partial charge in [-0.2, -0.15) is 5.26 Å². The van der Waals surface area contributed by atoms with Gasteiger partial charge in [-0.25, -0.2) is 9.78 Å². The van der Waals surface area contributed by atoms with Crippen molar-refractivity contribution in [3.05, 3.63) is 70.2 Å². The quantitative estimate of drug-likeness (QED) is 0.555. The zero-order chi connectivity index (χ0) is 19.2. The third-order valence-electron chi connectivity index (χ3n) is 3.63. The van der Waals surface area contributed by atoms with Crippen LogP contribution in [0.5, 0.6) is 5.75 Å². The maximum Gasteiger partial charge on any atom is 0.347 e. The minimum absolute atomic E-state index is 0.0734. The highest BCUT2D eigenvalue weighted by Gasteiger charge is 2.17. The number of ether oxygens (including phenoxy) is 2. The van der Waals surface area contributed by atoms with Crippen LogP contribution in [-0.4, -0.2) is 17.1 Å². The third-order valence-corrected chi connectivity index (χ3v) is 4.83. The molecule has 2 aromatic carbocycles. The molecule has 5 nitrogen and oxygen atoms in total. The van der Waals surface area contributed by atoms with Crippen LogP contribution in [-0.2, 0) is 16.1 Å². The summed E-state index contributed by atoms with van der Waals surface area (Å²) in [5.74, 6) is 0.0116. The monoisotopic (exact) mass is 398 g/mol. The fraction of sp³-hybridized carbons (Fsp3) is 0.150. The Kier molecular flexibility index (Phi) is 6.07. The molecular weight excluding hydrogens is 384 g/mol. The first-order valence-electron chi connectivity index (χ1n) is 8.09. The molecule has 3 aromatic rings. The Labute approximate surface area is 165 Å². The highest BCUT2D eigenvalue weighted by atomic mass is 35.5. The Morgan fingerprint density at radius 2 is 1.93 bits per heavy atom. The lowest BCUT2D eigenvalue weighted by Crippen LogP contribution is -2.26. The average Bonchev–Trinajstić information content (AvgIpc) is 3.16. The Morgan fingerprint density at radius 3 is 2.59 bits per heavy atom. The van der Waals surface area contributed by atoms with Gasteiger partial charge in [0.1, 0.15) is 17.4 Å². The van der Waals surface area contributed by atoms with Gasteiger partial charge < -0.3 is 9.47 Å². The summed E-state index contributed by atoms with van der Waals surface area (Å²) in [7, 11) is 0. The van der Waals surface area contributed by atoms with Crippen molar-refractivity contribution in [3.63, 3.8) is 0 Å². The van der Waals surface area contributed by atoms with E-state index in [0.29, 0.717) is 22.0 Å². The van der Waals surface area contributed by atoms with Crippen molar-refractivity contribution in [1.29, 1.82) is 5.26 Å². The number of rotatable bonds is 6. The van der Waals surface area contributed by atoms with Gasteiger partial charge >= 0.3 is 5.97 Å². The summed E-state index contributed by atoms with van der Waals surface area (Å²) in [4.78, 5) is 16.6. The maximum absolute atomic E-state index is 12.1. The van der Waals surface area contributed by atoms with E-state index in [9.17, 15) is 4.79 Å². The molecule has 0 fully saturated rings. The molecule has 1 aromatic heterocycles. The van der Waals surface area contributed by atoms with Crippen LogP contribution in [0.15, 0.2) is 53.9 Å². The Hall–Kier alpha value is -2.88. The van der Waals surface area contributed by atoms with Crippen molar-refractivity contribution in [2.45, 2.75) is 19.6 Å². The molecule has 0 N–H and O–H groups in total. The standard InChI is InChI=1S/C20H15ClN2O3S/c1-13(26-18-8-2-14(10-22)3-9-18)20(24)25-11-17-12-27-19(23-17)15-4-6-16(21)7-5-15/h2-9,12-13H,11H2,1H3/t13-/m0/s1. The molecule has 136 valence electrons. The zero-order valence-corrected chi connectivity index (χ0v) is 16.0. The molecule has 0 saturated heterocycles. The van der Waals surface area contributed by atoms with Crippen molar-refractivity contribution < 1.29 is 14.3 Å². The topological polar surface area (TPSA) is 72.2 Å². The van der Waals surface area contributed by atoms with Gasteiger partial charge in [0.25, 0.3) is 0 Å². The summed E-state index contributed by atoms with van der Waals surface area (Å²) in [6.07, 6.45) is -0.771. The van der Waals surface area contributed by atoms with E-state index in [1.807, 2.05) is 23.6 Å². The Balaban J connectivity index is 1.54. The fourth-order valence-electron chi connectivity index (χ4n) is 2.22. The molecule has 27 heavy (non-hydrogen) atoms. The van der Waals surface area contributed by atoms with Crippen LogP contribution in [0.3, 0.4) is 0 Å². The molecule has 0 saturated carbocycles. The highest BCUT2D eigenvalue weighted by molar-refractivity contribution is 7.13. The number of hydrogen-bond donors (Lipinski definition) is 0. The van der Waals surface area contributed by atoms with Gasteiger partial charge in [0.15, 0.2) is 6.10 Å². The van der Waals surface area contributed by atoms with E-state index in [4.69, 9.17) is 26.3 Å². The highest BCUT2D eigenvalue weighted by Crippen LogP contribution is 2.25. The van der Waals surface area contributed by atoms with Gasteiger partial charge in [-0.15, -0.1) is 11.3 Å². The number of aromatic nitrogens is 1. The molecule has 1 atom stereocenters. The van der Waals surface area contributed by atoms with Gasteiger partial charge in [-0.1, -0.05) is 23.7 Å². The number of benzene rings is 2. The van der Waals surface area contributed by atoms with Crippen molar-refractivity contribution in [2.75, 3.05) is 0 Å². The van der Waals surface area contributed by atoms with Crippen LogP contribution >= 0.6 is 22.9 Å². The number of halogens is 1. The van der Waals surface area contributed by atoms with Crippen LogP contribution < -0.4 is 4.74 Å². The van der Waals surface area contributed by atoms with Gasteiger partial charge in [-0.05, 0) is 43.3 Å². The predicted molar refractivity (Wildman–Crippen MR) is 104 cm³/mol. The number of esters is 1. The average molecular weight is 399 g/mol. The first kappa shape index (κ1) is 18.9. The van der Waals surface area contributed by atoms with Crippen LogP contribution in [0.2, 0.25) is 5.02 Å². The number of hydrogen-bond acceptors (Lipinski definition) is 6. The van der Waals surface area contributed by atoms with E-state index in [0.717, 1.165) is 10.6 Å². The second kappa shape index (κ2) is 8.67. The maximum atomic E-state index is 12.1. The Bertz CT molecular complexity index is 962. The molecule has 0 spiro atoms. The number of carbonyl (C=O) groups excluding carboxylic acids is 1. The minimum Gasteiger partial charge on any atom is -0.479 e. The van der Waals surface area contributed by atoms with E-state index >= 15 is 0 Å². The van der Waals surface area contributed by atoms with Crippen molar-refractivity contribution in [3.8, 4) is 22.4 Å². The zero-order valence-electron chi connectivity index (χ0n) is 14.4. The first-order chi connectivity index (χ1) is 13.0. The van der Waals surface area contributed by atoms with E-state index in [1.165, 1.54) is 11.3 Å². The van der Waals surface area contributed by atoms with E-state index in [-0.39, 0.29) is 6.61 Å². The summed E-state index contributed by atoms with van der Waals surface area (Å²) in [5, 5.41) is 12.1. The summed E-state index contributed by atoms with van der Waals surface area (Å²) >= 11 is 7.36. The summed E-state index contributed by atoms with van der Waals surface area (Å²) in [6, 6.07) is 16.0. The molecule has 0 unspecified atom stereocenters. The van der Waals surface area contributed by atoms with E-state index in [2.05, 4.69) is 4.98 Å². The van der Waals surface area contributed by atoms with Crippen LogP contribution in [0, 0.1) is 11.3 Å². The predicted octanol–water partition coefficient (Wildman–Crippen LogP) is 4.85. The number of nitrogens with zero attached hydrogens (tertiary/aromatic N) is 2. The molecule has 3 rings (SSSR count). The lowest BCUT2D eigenvalue weighted by Gasteiger charge is -2.13. The van der Waals surface area contributed by atoms with Crippen LogP contribution in [0.25, 0.3) is 10.6 Å². The third kappa shape index (κ3) is 5.07. The first-order valence-corrected chi connectivity index (χ1v) is 9.34. The molecule has 0 radical (unpaired) electrons. The van der Waals surface area contributed by atoms with Crippen molar-refractivity contribution >= 4 is 28.9 Å². The second-order valence-corrected chi connectivity index (χ2v) is 6.95. The van der Waals surface area contributed by atoms with Crippen molar-refractivity contribution in [1.82, 2.24) is 4.98 Å². The largest absolute Gasteiger partial charge is 0.479 e. The second-order valence-electron chi connectivity index (χ2n) is 5.65. The molecule has 0 aliphatic heterocycles. The lowest BCUT2D eigenvalue weighted by atomic mass is 10.2. The number of thiazole rings is 1. The smallest absolute Gasteiger partial charge is 0.347 e. The minimum atomic E-state index is -0.771. The molecule has 7 heteroatoms. The number of nitriles is 1. The molecule has 0 aliphatic rings. The summed E-state index contributed by atoms with van der Waals surface area (Å²) in [6.45, 7) is 1.69. The van der Waals surface area contributed by atoms with Crippen LogP contribution in [0.1, 0.15) is 18.2 Å². The van der Waals surface area contributed by atoms with E-state index < -0.39 is 12.1 Å². The molecule has 0 amide bonds. The lowest BCUT2D eigenvalue weighted by molar-refractivity contribution is -0.152. The van der Waals surface area contributed by atoms with Gasteiger partial charge in [0, 0.05) is 16.0 Å². The number of carbonyl (C=O) groups is 1. The SMILES string of the molecule is C[C@H](Oc1ccc(C#N)cc1)C(=O)OCc1csc(-c2ccc(Cl)cc2)n1. The van der Waals surface area contributed by atoms with Crippen molar-refractivity contribution in [2.24, 2.45) is 0 Å². The molecular formula is C20H15ClN2O3S. The molecule has 0 aliphatic carbocycles.